The second-order valence-electron chi connectivity index (χ2n) is 4.79. The summed E-state index contributed by atoms with van der Waals surface area (Å²) in [6.07, 6.45) is -0.847. The minimum Gasteiger partial charge on any atom is -0.461 e. The molecule has 9 nitrogen and oxygen atoms in total. The van der Waals surface area contributed by atoms with Gasteiger partial charge < -0.3 is 14.8 Å². The molecule has 2 N–H and O–H groups in total. The molecule has 0 aliphatic carbocycles. The van der Waals surface area contributed by atoms with Crippen molar-refractivity contribution in [2.75, 3.05) is 19.0 Å². The first-order chi connectivity index (χ1) is 12.5. The monoisotopic (exact) mass is 376 g/mol. The van der Waals surface area contributed by atoms with Crippen LogP contribution in [0.15, 0.2) is 36.4 Å². The Balaban J connectivity index is 2.16. The number of ether oxygens (including phenoxy) is 2. The fraction of sp³-hybridized carbons (Fsp3) is 0.188. The van der Waals surface area contributed by atoms with Crippen LogP contribution in [-0.2, 0) is 9.47 Å². The van der Waals surface area contributed by atoms with Gasteiger partial charge >= 0.3 is 12.1 Å². The highest BCUT2D eigenvalue weighted by molar-refractivity contribution is 7.80. The predicted molar refractivity (Wildman–Crippen MR) is 96.1 cm³/mol. The first-order valence-electron chi connectivity index (χ1n) is 7.49. The van der Waals surface area contributed by atoms with Crippen LogP contribution in [0.4, 0.5) is 10.6 Å². The average Bonchev–Trinajstić information content (AvgIpc) is 3.05. The lowest BCUT2D eigenvalue weighted by Gasteiger charge is -2.10. The van der Waals surface area contributed by atoms with Gasteiger partial charge in [0.15, 0.2) is 10.8 Å². The van der Waals surface area contributed by atoms with Gasteiger partial charge in [-0.05, 0) is 31.3 Å². The van der Waals surface area contributed by atoms with E-state index in [1.165, 1.54) is 6.07 Å². The molecule has 26 heavy (non-hydrogen) atoms. The van der Waals surface area contributed by atoms with E-state index in [1.807, 2.05) is 0 Å². The number of nitrogens with zero attached hydrogens (tertiary/aromatic N) is 2. The van der Waals surface area contributed by atoms with Gasteiger partial charge in [-0.2, -0.15) is 5.10 Å². The number of methoxy groups -OCH3 is 1. The van der Waals surface area contributed by atoms with Gasteiger partial charge in [-0.25, -0.2) is 9.59 Å². The average molecular weight is 376 g/mol. The zero-order chi connectivity index (χ0) is 19.1. The Morgan fingerprint density at radius 3 is 2.54 bits per heavy atom. The Morgan fingerprint density at radius 2 is 1.92 bits per heavy atom. The van der Waals surface area contributed by atoms with Crippen molar-refractivity contribution >= 4 is 41.1 Å². The number of aromatic nitrogens is 2. The van der Waals surface area contributed by atoms with Gasteiger partial charge in [-0.3, -0.25) is 10.1 Å². The number of nitrogens with one attached hydrogen (secondary N) is 2. The van der Waals surface area contributed by atoms with Crippen LogP contribution in [0.5, 0.6) is 0 Å². The summed E-state index contributed by atoms with van der Waals surface area (Å²) in [6.45, 7) is 1.79. The fourth-order valence-corrected chi connectivity index (χ4v) is 2.11. The molecule has 0 spiro atoms. The van der Waals surface area contributed by atoms with Gasteiger partial charge in [0.05, 0.1) is 13.7 Å². The zero-order valence-electron chi connectivity index (χ0n) is 14.0. The fourth-order valence-electron chi connectivity index (χ4n) is 1.91. The van der Waals surface area contributed by atoms with Crippen LogP contribution in [0, 0.1) is 0 Å². The number of thiocarbonyl (C=S) groups is 1. The zero-order valence-corrected chi connectivity index (χ0v) is 14.8. The predicted octanol–water partition coefficient (Wildman–Crippen LogP) is 1.80. The molecule has 0 bridgehead atoms. The van der Waals surface area contributed by atoms with E-state index in [1.54, 1.807) is 37.3 Å². The van der Waals surface area contributed by atoms with Crippen LogP contribution >= 0.6 is 12.2 Å². The molecule has 136 valence electrons. The second-order valence-corrected chi connectivity index (χ2v) is 5.20. The van der Waals surface area contributed by atoms with Crippen molar-refractivity contribution in [3.05, 3.63) is 47.7 Å². The number of carbonyl (C=O) groups is 3. The Morgan fingerprint density at radius 1 is 1.23 bits per heavy atom. The standard InChI is InChI=1S/C16H16N4O5S/c1-3-25-14(22)11-9-12(20(19-11)16(23)24-2)17-15(26)18-13(21)10-7-5-4-6-8-10/h4-9H,3H2,1-2H3,(H2,17,18,21,26). The highest BCUT2D eigenvalue weighted by Gasteiger charge is 2.21. The van der Waals surface area contributed by atoms with Crippen LogP contribution in [0.2, 0.25) is 0 Å². The molecule has 0 saturated heterocycles. The van der Waals surface area contributed by atoms with Gasteiger partial charge in [-0.15, -0.1) is 4.68 Å². The van der Waals surface area contributed by atoms with Gasteiger partial charge in [0.2, 0.25) is 0 Å². The van der Waals surface area contributed by atoms with Crippen LogP contribution in [-0.4, -0.2) is 46.6 Å². The molecule has 0 aliphatic heterocycles. The summed E-state index contributed by atoms with van der Waals surface area (Å²) in [5.74, 6) is -1.10. The third-order valence-corrected chi connectivity index (χ3v) is 3.25. The van der Waals surface area contributed by atoms with Crippen molar-refractivity contribution in [3.63, 3.8) is 0 Å². The molecule has 0 saturated carbocycles. The summed E-state index contributed by atoms with van der Waals surface area (Å²) in [6, 6.07) is 9.70. The van der Waals surface area contributed by atoms with Crippen molar-refractivity contribution in [1.82, 2.24) is 15.1 Å². The van der Waals surface area contributed by atoms with E-state index in [2.05, 4.69) is 20.5 Å². The number of anilines is 1. The summed E-state index contributed by atoms with van der Waals surface area (Å²) < 4.78 is 10.2. The number of amides is 1. The van der Waals surface area contributed by atoms with Crippen molar-refractivity contribution in [1.29, 1.82) is 0 Å². The van der Waals surface area contributed by atoms with Gasteiger partial charge in [-0.1, -0.05) is 18.2 Å². The number of carbonyl (C=O) groups excluding carboxylic acids is 3. The molecule has 1 amide bonds. The van der Waals surface area contributed by atoms with E-state index in [-0.39, 0.29) is 23.2 Å². The highest BCUT2D eigenvalue weighted by atomic mass is 32.1. The summed E-state index contributed by atoms with van der Waals surface area (Å²) in [7, 11) is 1.16. The summed E-state index contributed by atoms with van der Waals surface area (Å²) in [5.41, 5.74) is 0.294. The first kappa shape index (κ1) is 19.1. The molecule has 0 aliphatic rings. The van der Waals surface area contributed by atoms with Crippen LogP contribution in [0.25, 0.3) is 0 Å². The minimum absolute atomic E-state index is 0.0401. The Kier molecular flexibility index (Phi) is 6.39. The SMILES string of the molecule is CCOC(=O)c1cc(NC(=S)NC(=O)c2ccccc2)n(C(=O)OC)n1. The summed E-state index contributed by atoms with van der Waals surface area (Å²) in [5, 5.41) is 8.84. The van der Waals surface area contributed by atoms with E-state index in [9.17, 15) is 14.4 Å². The topological polar surface area (TPSA) is 112 Å². The number of benzene rings is 1. The maximum absolute atomic E-state index is 12.1. The van der Waals surface area contributed by atoms with E-state index < -0.39 is 18.0 Å². The Bertz CT molecular complexity index is 834. The molecule has 1 aromatic heterocycles. The minimum atomic E-state index is -0.847. The molecule has 0 unspecified atom stereocenters. The van der Waals surface area contributed by atoms with E-state index in [0.717, 1.165) is 11.8 Å². The quantitative estimate of drug-likeness (QED) is 0.614. The van der Waals surface area contributed by atoms with Crippen molar-refractivity contribution < 1.29 is 23.9 Å². The van der Waals surface area contributed by atoms with Crippen molar-refractivity contribution in [2.45, 2.75) is 6.92 Å². The molecule has 2 rings (SSSR count). The van der Waals surface area contributed by atoms with Crippen LogP contribution < -0.4 is 10.6 Å². The molecule has 10 heteroatoms. The van der Waals surface area contributed by atoms with Gasteiger partial charge in [0, 0.05) is 11.6 Å². The maximum atomic E-state index is 12.1. The van der Waals surface area contributed by atoms with E-state index >= 15 is 0 Å². The Labute approximate surface area is 154 Å². The van der Waals surface area contributed by atoms with Crippen molar-refractivity contribution in [2.24, 2.45) is 0 Å². The molecule has 0 atom stereocenters. The molecular formula is C16H16N4O5S. The van der Waals surface area contributed by atoms with E-state index in [4.69, 9.17) is 17.0 Å². The lowest BCUT2D eigenvalue weighted by atomic mass is 10.2. The Hall–Kier alpha value is -3.27. The normalized spacial score (nSPS) is 9.92. The van der Waals surface area contributed by atoms with E-state index in [0.29, 0.717) is 5.56 Å². The third-order valence-electron chi connectivity index (χ3n) is 3.05. The van der Waals surface area contributed by atoms with Crippen LogP contribution in [0.1, 0.15) is 27.8 Å². The molecule has 0 radical (unpaired) electrons. The lowest BCUT2D eigenvalue weighted by molar-refractivity contribution is 0.0518. The number of esters is 1. The first-order valence-corrected chi connectivity index (χ1v) is 7.90. The summed E-state index contributed by atoms with van der Waals surface area (Å²) in [4.78, 5) is 35.7. The van der Waals surface area contributed by atoms with Gasteiger partial charge in [0.25, 0.3) is 5.91 Å². The second kappa shape index (κ2) is 8.72. The highest BCUT2D eigenvalue weighted by Crippen LogP contribution is 2.13. The van der Waals surface area contributed by atoms with Crippen molar-refractivity contribution in [3.8, 4) is 0 Å². The lowest BCUT2D eigenvalue weighted by Crippen LogP contribution is -2.35. The smallest absolute Gasteiger partial charge is 0.436 e. The number of hydrogen-bond donors (Lipinski definition) is 2. The number of hydrogen-bond acceptors (Lipinski definition) is 7. The molecule has 0 fully saturated rings. The van der Waals surface area contributed by atoms with Gasteiger partial charge in [0.1, 0.15) is 5.82 Å². The molecule has 1 heterocycles. The summed E-state index contributed by atoms with van der Waals surface area (Å²) >= 11 is 5.07. The maximum Gasteiger partial charge on any atom is 0.436 e. The molecular weight excluding hydrogens is 360 g/mol. The molecule has 1 aromatic carbocycles. The number of rotatable bonds is 4. The van der Waals surface area contributed by atoms with Crippen LogP contribution in [0.3, 0.4) is 0 Å². The largest absolute Gasteiger partial charge is 0.461 e. The third kappa shape index (κ3) is 4.63. The molecule has 2 aromatic rings.